The Balaban J connectivity index is 0.924. The van der Waals surface area contributed by atoms with Gasteiger partial charge in [-0.3, -0.25) is 4.79 Å². The van der Waals surface area contributed by atoms with Crippen LogP contribution in [-0.4, -0.2) is 54.1 Å². The summed E-state index contributed by atoms with van der Waals surface area (Å²) in [6.07, 6.45) is 8.27. The Bertz CT molecular complexity index is 1430. The molecular weight excluding hydrogens is 547 g/mol. The Morgan fingerprint density at radius 1 is 1.16 bits per heavy atom. The molecule has 1 saturated heterocycles. The van der Waals surface area contributed by atoms with Crippen molar-refractivity contribution in [3.8, 4) is 5.75 Å². The fourth-order valence-electron chi connectivity index (χ4n) is 6.96. The fraction of sp³-hybridized carbons (Fsp3) is 0.559. The molecule has 9 heteroatoms. The molecule has 1 amide bonds. The minimum Gasteiger partial charge on any atom is -0.493 e. The number of halogens is 1. The number of aromatic nitrogens is 2. The number of carbonyl (C=O) groups excluding carboxylic acids is 1. The van der Waals surface area contributed by atoms with E-state index in [0.29, 0.717) is 55.8 Å². The molecule has 3 aromatic rings. The summed E-state index contributed by atoms with van der Waals surface area (Å²) in [4.78, 5) is 26.2. The van der Waals surface area contributed by atoms with Crippen molar-refractivity contribution in [2.24, 2.45) is 17.8 Å². The van der Waals surface area contributed by atoms with Gasteiger partial charge in [0.25, 0.3) is 0 Å². The second-order valence-corrected chi connectivity index (χ2v) is 12.3. The molecule has 1 aromatic carbocycles. The number of ether oxygens (including phenoxy) is 2. The molecule has 2 aliphatic heterocycles. The summed E-state index contributed by atoms with van der Waals surface area (Å²) in [7, 11) is 1.72. The number of rotatable bonds is 11. The van der Waals surface area contributed by atoms with Gasteiger partial charge in [-0.25, -0.2) is 14.4 Å². The summed E-state index contributed by atoms with van der Waals surface area (Å²) in [5, 5.41) is 0. The van der Waals surface area contributed by atoms with Crippen LogP contribution in [-0.2, 0) is 41.9 Å². The Morgan fingerprint density at radius 2 is 2.00 bits per heavy atom. The number of fused-ring (bicyclic) bond motifs is 1. The molecule has 0 radical (unpaired) electrons. The van der Waals surface area contributed by atoms with Crippen molar-refractivity contribution >= 4 is 11.7 Å². The van der Waals surface area contributed by atoms with E-state index in [9.17, 15) is 9.18 Å². The fourth-order valence-corrected chi connectivity index (χ4v) is 6.96. The summed E-state index contributed by atoms with van der Waals surface area (Å²) in [6.45, 7) is 8.25. The van der Waals surface area contributed by atoms with Gasteiger partial charge in [-0.2, -0.15) is 0 Å². The molecule has 2 atom stereocenters. The van der Waals surface area contributed by atoms with Crippen LogP contribution in [0.15, 0.2) is 34.9 Å². The summed E-state index contributed by atoms with van der Waals surface area (Å²) < 4.78 is 31.7. The van der Waals surface area contributed by atoms with Gasteiger partial charge in [0.2, 0.25) is 5.91 Å². The molecule has 8 nitrogen and oxygen atoms in total. The first kappa shape index (κ1) is 29.6. The van der Waals surface area contributed by atoms with Gasteiger partial charge in [-0.05, 0) is 78.7 Å². The zero-order valence-corrected chi connectivity index (χ0v) is 25.6. The van der Waals surface area contributed by atoms with Gasteiger partial charge in [-0.15, -0.1) is 0 Å². The van der Waals surface area contributed by atoms with Gasteiger partial charge in [0, 0.05) is 52.4 Å². The maximum absolute atomic E-state index is 14.9. The van der Waals surface area contributed by atoms with Gasteiger partial charge in [-0.1, -0.05) is 13.0 Å². The van der Waals surface area contributed by atoms with Gasteiger partial charge < -0.3 is 23.7 Å². The van der Waals surface area contributed by atoms with Crippen LogP contribution in [0.3, 0.4) is 0 Å². The van der Waals surface area contributed by atoms with E-state index in [2.05, 4.69) is 22.9 Å². The standard InChI is InChI=1S/C34H43FN4O4/c1-4-24-15-23(21-41-3)19-36-34(24)38-11-7-25(8-12-38)29-16-26(29)10-14-42-28-6-5-27(30(35)18-28)17-33(40)39-13-9-31-32(20-39)43-22(2)37-31/h5-6,15,18-19,25-26,29H,4,7-14,16-17,20-21H2,1-3H3. The van der Waals surface area contributed by atoms with Gasteiger partial charge in [0.15, 0.2) is 5.89 Å². The number of carbonyl (C=O) groups is 1. The molecule has 1 aliphatic carbocycles. The van der Waals surface area contributed by atoms with Crippen LogP contribution in [0, 0.1) is 30.5 Å². The van der Waals surface area contributed by atoms with Crippen molar-refractivity contribution in [2.45, 2.75) is 71.9 Å². The van der Waals surface area contributed by atoms with E-state index < -0.39 is 5.82 Å². The van der Waals surface area contributed by atoms with Crippen LogP contribution in [0.5, 0.6) is 5.75 Å². The van der Waals surface area contributed by atoms with Crippen LogP contribution in [0.25, 0.3) is 0 Å². The van der Waals surface area contributed by atoms with Crippen LogP contribution < -0.4 is 9.64 Å². The van der Waals surface area contributed by atoms with Gasteiger partial charge in [0.05, 0.1) is 31.9 Å². The maximum Gasteiger partial charge on any atom is 0.227 e. The zero-order chi connectivity index (χ0) is 29.9. The first-order valence-electron chi connectivity index (χ1n) is 15.8. The molecule has 3 aliphatic rings. The lowest BCUT2D eigenvalue weighted by Crippen LogP contribution is -2.36. The van der Waals surface area contributed by atoms with Crippen molar-refractivity contribution in [1.29, 1.82) is 0 Å². The summed E-state index contributed by atoms with van der Waals surface area (Å²) in [5.41, 5.74) is 3.73. The predicted molar refractivity (Wildman–Crippen MR) is 161 cm³/mol. The van der Waals surface area contributed by atoms with Crippen LogP contribution in [0.1, 0.15) is 66.6 Å². The molecule has 2 fully saturated rings. The van der Waals surface area contributed by atoms with E-state index in [1.54, 1.807) is 24.1 Å². The second-order valence-electron chi connectivity index (χ2n) is 12.3. The quantitative estimate of drug-likeness (QED) is 0.285. The number of piperidine rings is 1. The first-order valence-corrected chi connectivity index (χ1v) is 15.8. The number of hydrogen-bond donors (Lipinski definition) is 0. The third-order valence-electron chi connectivity index (χ3n) is 9.43. The van der Waals surface area contributed by atoms with E-state index in [1.807, 2.05) is 13.1 Å². The lowest BCUT2D eigenvalue weighted by atomic mass is 9.90. The molecule has 230 valence electrons. The SMILES string of the molecule is CCc1cc(COC)cnc1N1CCC(C2CC2CCOc2ccc(CC(=O)N3CCc4nc(C)oc4C3)c(F)c2)CC1. The van der Waals surface area contributed by atoms with Crippen molar-refractivity contribution in [2.75, 3.05) is 38.3 Å². The van der Waals surface area contributed by atoms with E-state index >= 15 is 0 Å². The number of benzene rings is 1. The van der Waals surface area contributed by atoms with Gasteiger partial charge in [0.1, 0.15) is 23.1 Å². The minimum absolute atomic E-state index is 0.0199. The van der Waals surface area contributed by atoms with Crippen LogP contribution in [0.2, 0.25) is 0 Å². The molecule has 2 unspecified atom stereocenters. The third kappa shape index (κ3) is 6.87. The van der Waals surface area contributed by atoms with Crippen molar-refractivity contribution in [1.82, 2.24) is 14.9 Å². The molecule has 2 aromatic heterocycles. The summed E-state index contributed by atoms with van der Waals surface area (Å²) in [5.74, 6) is 4.71. The monoisotopic (exact) mass is 590 g/mol. The number of oxazole rings is 1. The van der Waals surface area contributed by atoms with E-state index in [1.165, 1.54) is 30.9 Å². The zero-order valence-electron chi connectivity index (χ0n) is 25.6. The van der Waals surface area contributed by atoms with E-state index in [-0.39, 0.29) is 12.3 Å². The van der Waals surface area contributed by atoms with Crippen LogP contribution in [0.4, 0.5) is 10.2 Å². The van der Waals surface area contributed by atoms with Crippen molar-refractivity contribution in [3.63, 3.8) is 0 Å². The molecule has 43 heavy (non-hydrogen) atoms. The average Bonchev–Trinajstić information content (AvgIpc) is 3.68. The number of hydrogen-bond acceptors (Lipinski definition) is 7. The largest absolute Gasteiger partial charge is 0.493 e. The normalized spacial score (nSPS) is 20.3. The topological polar surface area (TPSA) is 80.9 Å². The predicted octanol–water partition coefficient (Wildman–Crippen LogP) is 5.67. The first-order chi connectivity index (χ1) is 20.9. The lowest BCUT2D eigenvalue weighted by Gasteiger charge is -2.34. The second kappa shape index (κ2) is 13.0. The molecular formula is C34H43FN4O4. The smallest absolute Gasteiger partial charge is 0.227 e. The molecule has 1 saturated carbocycles. The Morgan fingerprint density at radius 3 is 2.77 bits per heavy atom. The number of pyridine rings is 1. The van der Waals surface area contributed by atoms with Crippen molar-refractivity contribution < 1.29 is 23.1 Å². The van der Waals surface area contributed by atoms with E-state index in [4.69, 9.17) is 18.9 Å². The summed E-state index contributed by atoms with van der Waals surface area (Å²) in [6, 6.07) is 7.10. The van der Waals surface area contributed by atoms with Crippen LogP contribution >= 0.6 is 0 Å². The molecule has 4 heterocycles. The maximum atomic E-state index is 14.9. The Kier molecular flexibility index (Phi) is 8.98. The molecule has 6 rings (SSSR count). The minimum atomic E-state index is -0.399. The number of amides is 1. The van der Waals surface area contributed by atoms with Gasteiger partial charge >= 0.3 is 0 Å². The lowest BCUT2D eigenvalue weighted by molar-refractivity contribution is -0.131. The highest BCUT2D eigenvalue weighted by molar-refractivity contribution is 5.79. The highest BCUT2D eigenvalue weighted by atomic mass is 19.1. The molecule has 0 N–H and O–H groups in total. The number of methoxy groups -OCH3 is 1. The number of nitrogens with zero attached hydrogens (tertiary/aromatic N) is 4. The Labute approximate surface area is 253 Å². The highest BCUT2D eigenvalue weighted by Crippen LogP contribution is 2.50. The highest BCUT2D eigenvalue weighted by Gasteiger charge is 2.43. The number of aryl methyl sites for hydroxylation is 2. The molecule has 0 spiro atoms. The average molecular weight is 591 g/mol. The number of anilines is 1. The van der Waals surface area contributed by atoms with E-state index in [0.717, 1.165) is 60.6 Å². The third-order valence-corrected chi connectivity index (χ3v) is 9.43. The van der Waals surface area contributed by atoms with Crippen molar-refractivity contribution in [3.05, 3.63) is 70.3 Å². The summed E-state index contributed by atoms with van der Waals surface area (Å²) >= 11 is 0. The Hall–Kier alpha value is -3.46. The molecule has 0 bridgehead atoms.